The summed E-state index contributed by atoms with van der Waals surface area (Å²) in [5.41, 5.74) is 5.76. The van der Waals surface area contributed by atoms with Crippen molar-refractivity contribution in [2.75, 3.05) is 6.54 Å². The Morgan fingerprint density at radius 3 is 2.52 bits per heavy atom. The Balaban J connectivity index is 1.80. The van der Waals surface area contributed by atoms with Gasteiger partial charge in [0.05, 0.1) is 4.91 Å². The highest BCUT2D eigenvalue weighted by Crippen LogP contribution is 2.32. The molecule has 1 heterocycles. The second-order valence-corrected chi connectivity index (χ2v) is 6.21. The Labute approximate surface area is 148 Å². The minimum atomic E-state index is -0.734. The number of primary amides is 1. The molecule has 7 heteroatoms. The molecule has 2 aromatic carbocycles. The molecule has 0 aliphatic carbocycles. The van der Waals surface area contributed by atoms with Crippen LogP contribution in [0.3, 0.4) is 0 Å². The Bertz CT molecular complexity index is 864. The molecule has 3 amide bonds. The van der Waals surface area contributed by atoms with Gasteiger partial charge in [-0.3, -0.25) is 19.3 Å². The summed E-state index contributed by atoms with van der Waals surface area (Å²) in [4.78, 5) is 36.1. The molecule has 126 valence electrons. The molecular formula is C18H14N2O4S. The number of nitrogens with two attached hydrogens (primary N) is 1. The third-order valence-electron chi connectivity index (χ3n) is 3.32. The van der Waals surface area contributed by atoms with Gasteiger partial charge < -0.3 is 10.5 Å². The van der Waals surface area contributed by atoms with Crippen molar-refractivity contribution in [3.63, 3.8) is 0 Å². The summed E-state index contributed by atoms with van der Waals surface area (Å²) < 4.78 is 5.75. The van der Waals surface area contributed by atoms with Crippen molar-refractivity contribution in [2.24, 2.45) is 5.73 Å². The highest BCUT2D eigenvalue weighted by molar-refractivity contribution is 8.18. The monoisotopic (exact) mass is 354 g/mol. The summed E-state index contributed by atoms with van der Waals surface area (Å²) in [6.45, 7) is -0.417. The van der Waals surface area contributed by atoms with Crippen LogP contribution in [0, 0.1) is 0 Å². The summed E-state index contributed by atoms with van der Waals surface area (Å²) in [6.07, 6.45) is 1.59. The van der Waals surface area contributed by atoms with Crippen molar-refractivity contribution < 1.29 is 19.1 Å². The number of para-hydroxylation sites is 1. The van der Waals surface area contributed by atoms with Crippen LogP contribution in [0.25, 0.3) is 6.08 Å². The Kier molecular flexibility index (Phi) is 4.85. The fraction of sp³-hybridized carbons (Fsp3) is 0.0556. The fourth-order valence-electron chi connectivity index (χ4n) is 2.24. The Hall–Kier alpha value is -3.06. The lowest BCUT2D eigenvalue weighted by Crippen LogP contribution is -2.36. The molecule has 1 fully saturated rings. The van der Waals surface area contributed by atoms with Crippen molar-refractivity contribution in [1.29, 1.82) is 0 Å². The maximum absolute atomic E-state index is 12.2. The first kappa shape index (κ1) is 16.8. The smallest absolute Gasteiger partial charge is 0.294 e. The molecule has 0 atom stereocenters. The number of rotatable bonds is 5. The molecule has 0 unspecified atom stereocenters. The van der Waals surface area contributed by atoms with E-state index in [-0.39, 0.29) is 4.91 Å². The first-order valence-electron chi connectivity index (χ1n) is 7.39. The Morgan fingerprint density at radius 2 is 1.80 bits per heavy atom. The molecule has 0 spiro atoms. The third kappa shape index (κ3) is 4.07. The van der Waals surface area contributed by atoms with Crippen molar-refractivity contribution in [1.82, 2.24) is 4.90 Å². The summed E-state index contributed by atoms with van der Waals surface area (Å²) in [6, 6.07) is 16.4. The minimum Gasteiger partial charge on any atom is -0.457 e. The number of ether oxygens (including phenoxy) is 1. The first-order valence-corrected chi connectivity index (χ1v) is 8.21. The number of hydrogen-bond acceptors (Lipinski definition) is 5. The zero-order chi connectivity index (χ0) is 17.8. The number of carbonyl (C=O) groups is 3. The molecule has 3 rings (SSSR count). The van der Waals surface area contributed by atoms with Gasteiger partial charge in [0.25, 0.3) is 11.1 Å². The van der Waals surface area contributed by atoms with Crippen molar-refractivity contribution >= 4 is 34.9 Å². The number of amides is 3. The van der Waals surface area contributed by atoms with E-state index < -0.39 is 23.6 Å². The minimum absolute atomic E-state index is 0.239. The molecule has 0 saturated carbocycles. The zero-order valence-electron chi connectivity index (χ0n) is 13.0. The molecule has 0 radical (unpaired) electrons. The number of benzene rings is 2. The van der Waals surface area contributed by atoms with E-state index in [0.717, 1.165) is 16.7 Å². The van der Waals surface area contributed by atoms with Crippen LogP contribution < -0.4 is 10.5 Å². The second kappa shape index (κ2) is 7.23. The van der Waals surface area contributed by atoms with E-state index in [2.05, 4.69) is 0 Å². The van der Waals surface area contributed by atoms with Gasteiger partial charge in [0, 0.05) is 0 Å². The van der Waals surface area contributed by atoms with Gasteiger partial charge in [0.15, 0.2) is 0 Å². The van der Waals surface area contributed by atoms with Crippen molar-refractivity contribution in [3.8, 4) is 11.5 Å². The molecule has 1 aliphatic heterocycles. The highest BCUT2D eigenvalue weighted by Gasteiger charge is 2.35. The van der Waals surface area contributed by atoms with E-state index in [0.29, 0.717) is 17.1 Å². The van der Waals surface area contributed by atoms with E-state index in [1.165, 1.54) is 0 Å². The maximum Gasteiger partial charge on any atom is 0.294 e. The largest absolute Gasteiger partial charge is 0.457 e. The Morgan fingerprint density at radius 1 is 1.08 bits per heavy atom. The summed E-state index contributed by atoms with van der Waals surface area (Å²) >= 11 is 0.778. The van der Waals surface area contributed by atoms with Gasteiger partial charge in [0.2, 0.25) is 5.91 Å². The van der Waals surface area contributed by atoms with Crippen LogP contribution in [0.15, 0.2) is 59.5 Å². The van der Waals surface area contributed by atoms with Crippen LogP contribution in [0.2, 0.25) is 0 Å². The summed E-state index contributed by atoms with van der Waals surface area (Å²) in [5.74, 6) is 0.0442. The van der Waals surface area contributed by atoms with Crippen molar-refractivity contribution in [2.45, 2.75) is 0 Å². The number of carbonyl (C=O) groups excluding carboxylic acids is 3. The molecular weight excluding hydrogens is 340 g/mol. The molecule has 2 N–H and O–H groups in total. The molecule has 0 bridgehead atoms. The van der Waals surface area contributed by atoms with Gasteiger partial charge in [0.1, 0.15) is 18.0 Å². The standard InChI is InChI=1S/C18H14N2O4S/c19-16(21)11-20-17(22)15(25-18(20)23)10-12-5-4-8-14(9-12)24-13-6-2-1-3-7-13/h1-10H,11H2,(H2,19,21)/b15-10-. The van der Waals surface area contributed by atoms with Gasteiger partial charge in [-0.25, -0.2) is 0 Å². The molecule has 0 aromatic heterocycles. The number of imide groups is 1. The summed E-state index contributed by atoms with van der Waals surface area (Å²) in [5, 5.41) is -0.508. The van der Waals surface area contributed by atoms with E-state index in [9.17, 15) is 14.4 Å². The second-order valence-electron chi connectivity index (χ2n) is 5.22. The SMILES string of the molecule is NC(=O)CN1C(=O)S/C(=C\c2cccc(Oc3ccccc3)c2)C1=O. The average Bonchev–Trinajstić information content (AvgIpc) is 2.83. The molecule has 6 nitrogen and oxygen atoms in total. The lowest BCUT2D eigenvalue weighted by molar-refractivity contribution is -0.127. The van der Waals surface area contributed by atoms with Crippen molar-refractivity contribution in [3.05, 3.63) is 65.1 Å². The van der Waals surface area contributed by atoms with E-state index in [1.807, 2.05) is 30.3 Å². The van der Waals surface area contributed by atoms with Gasteiger partial charge >= 0.3 is 0 Å². The molecule has 2 aromatic rings. The predicted molar refractivity (Wildman–Crippen MR) is 94.8 cm³/mol. The van der Waals surface area contributed by atoms with Crippen LogP contribution in [0.4, 0.5) is 4.79 Å². The average molecular weight is 354 g/mol. The lowest BCUT2D eigenvalue weighted by Gasteiger charge is -2.08. The molecule has 25 heavy (non-hydrogen) atoms. The van der Waals surface area contributed by atoms with E-state index >= 15 is 0 Å². The molecule has 1 aliphatic rings. The van der Waals surface area contributed by atoms with E-state index in [1.54, 1.807) is 30.3 Å². The number of nitrogens with zero attached hydrogens (tertiary/aromatic N) is 1. The quantitative estimate of drug-likeness (QED) is 0.834. The van der Waals surface area contributed by atoms with Crippen LogP contribution in [-0.2, 0) is 9.59 Å². The highest BCUT2D eigenvalue weighted by atomic mass is 32.2. The topological polar surface area (TPSA) is 89.7 Å². The normalized spacial score (nSPS) is 15.7. The summed E-state index contributed by atoms with van der Waals surface area (Å²) in [7, 11) is 0. The first-order chi connectivity index (χ1) is 12.0. The van der Waals surface area contributed by atoms with Crippen LogP contribution in [0.1, 0.15) is 5.56 Å². The van der Waals surface area contributed by atoms with Crippen LogP contribution >= 0.6 is 11.8 Å². The number of thioether (sulfide) groups is 1. The van der Waals surface area contributed by atoms with Gasteiger partial charge in [-0.05, 0) is 47.7 Å². The van der Waals surface area contributed by atoms with Gasteiger partial charge in [-0.2, -0.15) is 0 Å². The maximum atomic E-state index is 12.2. The zero-order valence-corrected chi connectivity index (χ0v) is 13.9. The van der Waals surface area contributed by atoms with Crippen LogP contribution in [-0.4, -0.2) is 28.5 Å². The van der Waals surface area contributed by atoms with Crippen LogP contribution in [0.5, 0.6) is 11.5 Å². The van der Waals surface area contributed by atoms with Gasteiger partial charge in [-0.1, -0.05) is 30.3 Å². The number of hydrogen-bond donors (Lipinski definition) is 1. The third-order valence-corrected chi connectivity index (χ3v) is 4.23. The fourth-order valence-corrected chi connectivity index (χ4v) is 3.07. The predicted octanol–water partition coefficient (Wildman–Crippen LogP) is 3.00. The lowest BCUT2D eigenvalue weighted by atomic mass is 10.2. The van der Waals surface area contributed by atoms with Gasteiger partial charge in [-0.15, -0.1) is 0 Å². The molecule has 1 saturated heterocycles. The van der Waals surface area contributed by atoms with E-state index in [4.69, 9.17) is 10.5 Å².